The predicted molar refractivity (Wildman–Crippen MR) is 128 cm³/mol. The lowest BCUT2D eigenvalue weighted by atomic mass is 9.91. The van der Waals surface area contributed by atoms with Crippen molar-refractivity contribution >= 4 is 22.6 Å². The van der Waals surface area contributed by atoms with E-state index < -0.39 is 5.60 Å². The van der Waals surface area contributed by atoms with Gasteiger partial charge in [-0.3, -0.25) is 13.9 Å². The van der Waals surface area contributed by atoms with E-state index >= 15 is 0 Å². The van der Waals surface area contributed by atoms with Crippen molar-refractivity contribution in [2.45, 2.75) is 38.0 Å². The molecule has 2 fully saturated rings. The second-order valence-electron chi connectivity index (χ2n) is 9.37. The Bertz CT molecular complexity index is 1220. The van der Waals surface area contributed by atoms with E-state index in [9.17, 15) is 9.90 Å². The Morgan fingerprint density at radius 3 is 2.79 bits per heavy atom. The number of aryl methyl sites for hydroxylation is 1. The van der Waals surface area contributed by atoms with Crippen molar-refractivity contribution in [1.82, 2.24) is 24.3 Å². The van der Waals surface area contributed by atoms with Crippen LogP contribution in [0.25, 0.3) is 16.7 Å². The number of likely N-dealkylation sites (tertiary alicyclic amines) is 1. The van der Waals surface area contributed by atoms with E-state index in [1.807, 2.05) is 13.1 Å². The van der Waals surface area contributed by atoms with Gasteiger partial charge in [-0.1, -0.05) is 17.7 Å². The second kappa shape index (κ2) is 8.85. The summed E-state index contributed by atoms with van der Waals surface area (Å²) in [5, 5.41) is 15.3. The Balaban J connectivity index is 1.48. The van der Waals surface area contributed by atoms with Crippen LogP contribution in [0.2, 0.25) is 5.15 Å². The van der Waals surface area contributed by atoms with E-state index in [1.165, 1.54) is 16.5 Å². The summed E-state index contributed by atoms with van der Waals surface area (Å²) in [4.78, 5) is 20.0. The molecule has 2 aromatic heterocycles. The second-order valence-corrected chi connectivity index (χ2v) is 9.75. The van der Waals surface area contributed by atoms with Crippen molar-refractivity contribution in [2.24, 2.45) is 0 Å². The van der Waals surface area contributed by atoms with Crippen molar-refractivity contribution in [2.75, 3.05) is 39.9 Å². The van der Waals surface area contributed by atoms with Crippen LogP contribution < -0.4 is 10.9 Å². The zero-order valence-electron chi connectivity index (χ0n) is 19.1. The lowest BCUT2D eigenvalue weighted by Crippen LogP contribution is -2.46. The number of hydrogen-bond donors (Lipinski definition) is 2. The molecule has 3 aromatic rings. The Kier molecular flexibility index (Phi) is 6.05. The number of benzene rings is 1. The molecule has 1 aromatic carbocycles. The Labute approximate surface area is 197 Å². The predicted octanol–water partition coefficient (Wildman–Crippen LogP) is 2.27. The fourth-order valence-electron chi connectivity index (χ4n) is 4.91. The summed E-state index contributed by atoms with van der Waals surface area (Å²) in [5.41, 5.74) is 2.58. The summed E-state index contributed by atoms with van der Waals surface area (Å²) in [5.74, 6) is 0. The molecule has 2 aliphatic heterocycles. The molecule has 2 saturated heterocycles. The average molecular weight is 472 g/mol. The molecule has 0 spiro atoms. The van der Waals surface area contributed by atoms with Gasteiger partial charge in [0.1, 0.15) is 11.5 Å². The van der Waals surface area contributed by atoms with Gasteiger partial charge >= 0.3 is 0 Å². The molecule has 176 valence electrons. The van der Waals surface area contributed by atoms with Crippen LogP contribution in [0.5, 0.6) is 0 Å². The van der Waals surface area contributed by atoms with E-state index in [1.54, 1.807) is 10.6 Å². The zero-order valence-corrected chi connectivity index (χ0v) is 19.8. The first-order chi connectivity index (χ1) is 15.8. The van der Waals surface area contributed by atoms with Crippen molar-refractivity contribution in [3.05, 3.63) is 57.2 Å². The van der Waals surface area contributed by atoms with Crippen LogP contribution in [-0.2, 0) is 11.3 Å². The highest BCUT2D eigenvalue weighted by atomic mass is 35.5. The lowest BCUT2D eigenvalue weighted by Gasteiger charge is -2.36. The highest BCUT2D eigenvalue weighted by Gasteiger charge is 2.32. The highest BCUT2D eigenvalue weighted by Crippen LogP contribution is 2.29. The van der Waals surface area contributed by atoms with E-state index in [4.69, 9.17) is 16.3 Å². The number of rotatable bonds is 4. The van der Waals surface area contributed by atoms with E-state index in [0.29, 0.717) is 35.6 Å². The smallest absolute Gasteiger partial charge is 0.262 e. The van der Waals surface area contributed by atoms with Crippen LogP contribution in [0, 0.1) is 6.92 Å². The number of nitrogens with zero attached hydrogens (tertiary/aromatic N) is 4. The molecule has 8 nitrogen and oxygen atoms in total. The minimum Gasteiger partial charge on any atom is -0.388 e. The SMILES string of the molecule is Cc1cc(-n2c(Cl)cc3c(=O)n(CC4(O)CCN(C)CC4)cnc32)ccc1C1COCCN1. The Hall–Kier alpha value is -2.23. The normalized spacial score (nSPS) is 21.5. The van der Waals surface area contributed by atoms with E-state index in [2.05, 4.69) is 34.3 Å². The maximum absolute atomic E-state index is 13.2. The van der Waals surface area contributed by atoms with E-state index in [-0.39, 0.29) is 18.1 Å². The van der Waals surface area contributed by atoms with E-state index in [0.717, 1.165) is 37.5 Å². The van der Waals surface area contributed by atoms with Crippen molar-refractivity contribution in [3.63, 3.8) is 0 Å². The molecule has 0 saturated carbocycles. The minimum atomic E-state index is -0.901. The molecule has 0 radical (unpaired) electrons. The summed E-state index contributed by atoms with van der Waals surface area (Å²) in [7, 11) is 2.04. The van der Waals surface area contributed by atoms with Crippen LogP contribution in [0.1, 0.15) is 30.0 Å². The van der Waals surface area contributed by atoms with Gasteiger partial charge in [0.15, 0.2) is 5.65 Å². The van der Waals surface area contributed by atoms with Gasteiger partial charge in [0.25, 0.3) is 5.56 Å². The number of aliphatic hydroxyl groups is 1. The maximum Gasteiger partial charge on any atom is 0.262 e. The standard InChI is InChI=1S/C24H30ClN5O3/c1-16-11-17(3-4-18(16)20-13-33-10-7-26-20)30-21(25)12-19-22(30)27-15-29(23(19)31)14-24(32)5-8-28(2)9-6-24/h3-4,11-12,15,20,26,32H,5-10,13-14H2,1-2H3. The minimum absolute atomic E-state index is 0.167. The molecule has 33 heavy (non-hydrogen) atoms. The summed E-state index contributed by atoms with van der Waals surface area (Å²) >= 11 is 6.59. The van der Waals surface area contributed by atoms with Gasteiger partial charge in [-0.2, -0.15) is 0 Å². The molecule has 5 rings (SSSR count). The third kappa shape index (κ3) is 4.34. The number of halogens is 1. The molecule has 2 aliphatic rings. The molecule has 1 atom stereocenters. The average Bonchev–Trinajstić information content (AvgIpc) is 3.15. The van der Waals surface area contributed by atoms with Crippen LogP contribution >= 0.6 is 11.6 Å². The summed E-state index contributed by atoms with van der Waals surface area (Å²) in [6.07, 6.45) is 2.78. The fraction of sp³-hybridized carbons (Fsp3) is 0.500. The van der Waals surface area contributed by atoms with Gasteiger partial charge in [0, 0.05) is 25.3 Å². The Morgan fingerprint density at radius 2 is 2.09 bits per heavy atom. The fourth-order valence-corrected chi connectivity index (χ4v) is 5.20. The number of aromatic nitrogens is 3. The first-order valence-electron chi connectivity index (χ1n) is 11.4. The number of hydrogen-bond acceptors (Lipinski definition) is 6. The van der Waals surface area contributed by atoms with Crippen LogP contribution in [0.4, 0.5) is 0 Å². The molecule has 1 unspecified atom stereocenters. The molecule has 0 aliphatic carbocycles. The highest BCUT2D eigenvalue weighted by molar-refractivity contribution is 6.31. The summed E-state index contributed by atoms with van der Waals surface area (Å²) in [6, 6.07) is 7.97. The Morgan fingerprint density at radius 1 is 1.30 bits per heavy atom. The first-order valence-corrected chi connectivity index (χ1v) is 11.8. The van der Waals surface area contributed by atoms with Crippen molar-refractivity contribution < 1.29 is 9.84 Å². The molecule has 4 heterocycles. The zero-order chi connectivity index (χ0) is 23.2. The summed E-state index contributed by atoms with van der Waals surface area (Å²) in [6.45, 7) is 6.13. The van der Waals surface area contributed by atoms with Gasteiger partial charge in [-0.25, -0.2) is 4.98 Å². The third-order valence-corrected chi connectivity index (χ3v) is 7.21. The van der Waals surface area contributed by atoms with Gasteiger partial charge in [0.2, 0.25) is 0 Å². The molecule has 2 N–H and O–H groups in total. The molecule has 0 bridgehead atoms. The molecule has 9 heteroatoms. The molecular formula is C24H30ClN5O3. The van der Waals surface area contributed by atoms with Crippen molar-refractivity contribution in [1.29, 1.82) is 0 Å². The third-order valence-electron chi connectivity index (χ3n) is 6.93. The topological polar surface area (TPSA) is 84.5 Å². The quantitative estimate of drug-likeness (QED) is 0.607. The number of nitrogens with one attached hydrogen (secondary N) is 1. The maximum atomic E-state index is 13.2. The number of piperidine rings is 1. The molecular weight excluding hydrogens is 442 g/mol. The number of ether oxygens (including phenoxy) is 1. The number of morpholine rings is 1. The van der Waals surface area contributed by atoms with Crippen LogP contribution in [0.15, 0.2) is 35.4 Å². The lowest BCUT2D eigenvalue weighted by molar-refractivity contribution is -0.0298. The van der Waals surface area contributed by atoms with Gasteiger partial charge in [0.05, 0.1) is 36.8 Å². The molecule has 0 amide bonds. The number of fused-ring (bicyclic) bond motifs is 1. The van der Waals surface area contributed by atoms with Crippen LogP contribution in [0.3, 0.4) is 0 Å². The monoisotopic (exact) mass is 471 g/mol. The largest absolute Gasteiger partial charge is 0.388 e. The van der Waals surface area contributed by atoms with Crippen LogP contribution in [-0.4, -0.2) is 69.6 Å². The van der Waals surface area contributed by atoms with Gasteiger partial charge in [-0.15, -0.1) is 0 Å². The first kappa shape index (κ1) is 22.6. The van der Waals surface area contributed by atoms with Gasteiger partial charge in [-0.05, 0) is 56.1 Å². The van der Waals surface area contributed by atoms with Gasteiger partial charge < -0.3 is 20.1 Å². The van der Waals surface area contributed by atoms with Crippen molar-refractivity contribution in [3.8, 4) is 5.69 Å². The summed E-state index contributed by atoms with van der Waals surface area (Å²) < 4.78 is 8.92.